The molecule has 30 heavy (non-hydrogen) atoms. The molecule has 1 aliphatic rings. The topological polar surface area (TPSA) is 81.6 Å². The van der Waals surface area contributed by atoms with E-state index in [1.807, 2.05) is 6.92 Å². The van der Waals surface area contributed by atoms with Gasteiger partial charge in [-0.1, -0.05) is 0 Å². The van der Waals surface area contributed by atoms with Crippen molar-refractivity contribution in [3.8, 4) is 11.5 Å². The minimum atomic E-state index is -0.773. The lowest BCUT2D eigenvalue weighted by molar-refractivity contribution is -0.131. The summed E-state index contributed by atoms with van der Waals surface area (Å²) in [5, 5.41) is 0. The third-order valence-electron chi connectivity index (χ3n) is 4.98. The van der Waals surface area contributed by atoms with Gasteiger partial charge in [-0.2, -0.15) is 0 Å². The van der Waals surface area contributed by atoms with Crippen molar-refractivity contribution in [1.82, 2.24) is 15.4 Å². The molecule has 1 atom stereocenters. The van der Waals surface area contributed by atoms with E-state index in [0.29, 0.717) is 18.4 Å². The molecule has 3 rings (SSSR count). The van der Waals surface area contributed by atoms with E-state index in [1.165, 1.54) is 24.6 Å². The van der Waals surface area contributed by atoms with Crippen molar-refractivity contribution in [1.29, 1.82) is 0 Å². The fraction of sp³-hybridized carbons (Fsp3) is 0.391. The molecule has 1 aliphatic carbocycles. The van der Waals surface area contributed by atoms with Crippen LogP contribution in [0.4, 0.5) is 0 Å². The van der Waals surface area contributed by atoms with Gasteiger partial charge in [-0.15, -0.1) is 0 Å². The molecule has 2 amide bonds. The van der Waals surface area contributed by atoms with Gasteiger partial charge in [0.1, 0.15) is 11.5 Å². The van der Waals surface area contributed by atoms with E-state index in [9.17, 15) is 9.59 Å². The first kappa shape index (κ1) is 21.5. The molecule has 1 fully saturated rings. The Hall–Kier alpha value is -3.22. The van der Waals surface area contributed by atoms with Crippen molar-refractivity contribution in [3.05, 3.63) is 53.4 Å². The summed E-state index contributed by atoms with van der Waals surface area (Å²) in [7, 11) is 0. The van der Waals surface area contributed by atoms with Gasteiger partial charge in [-0.05, 0) is 82.5 Å². The number of nitrogens with one attached hydrogen (secondary N) is 2. The monoisotopic (exact) mass is 411 g/mol. The zero-order valence-corrected chi connectivity index (χ0v) is 17.9. The summed E-state index contributed by atoms with van der Waals surface area (Å²) in [6.45, 7) is 8.24. The molecule has 7 nitrogen and oxygen atoms in total. The molecule has 1 aromatic carbocycles. The molecule has 1 heterocycles. The highest BCUT2D eigenvalue weighted by Gasteiger charge is 2.26. The van der Waals surface area contributed by atoms with Gasteiger partial charge in [0.25, 0.3) is 11.8 Å². The molecular formula is C23H29N3O4. The molecule has 0 saturated heterocycles. The first-order chi connectivity index (χ1) is 14.4. The Morgan fingerprint density at radius 2 is 1.83 bits per heavy atom. The van der Waals surface area contributed by atoms with Gasteiger partial charge in [0.15, 0.2) is 6.10 Å². The molecule has 7 heteroatoms. The fourth-order valence-electron chi connectivity index (χ4n) is 3.34. The summed E-state index contributed by atoms with van der Waals surface area (Å²) in [5.41, 5.74) is 8.13. The highest BCUT2D eigenvalue weighted by atomic mass is 16.5. The zero-order chi connectivity index (χ0) is 21.7. The molecule has 2 aromatic rings. The van der Waals surface area contributed by atoms with Crippen LogP contribution in [0.5, 0.6) is 11.5 Å². The molecule has 0 aliphatic heterocycles. The third-order valence-corrected chi connectivity index (χ3v) is 4.98. The van der Waals surface area contributed by atoms with Crippen molar-refractivity contribution in [2.45, 2.75) is 52.7 Å². The molecule has 160 valence electrons. The van der Waals surface area contributed by atoms with Crippen molar-refractivity contribution in [2.75, 3.05) is 6.61 Å². The van der Waals surface area contributed by atoms with Crippen LogP contribution in [0.15, 0.2) is 36.4 Å². The predicted molar refractivity (Wildman–Crippen MR) is 115 cm³/mol. The highest BCUT2D eigenvalue weighted by Crippen LogP contribution is 2.38. The number of aryl methyl sites for hydroxylation is 1. The molecular weight excluding hydrogens is 382 g/mol. The molecule has 2 N–H and O–H groups in total. The average molecular weight is 412 g/mol. The molecule has 0 bridgehead atoms. The number of amides is 2. The summed E-state index contributed by atoms with van der Waals surface area (Å²) in [5.74, 6) is 0.419. The first-order valence-corrected chi connectivity index (χ1v) is 10.2. The van der Waals surface area contributed by atoms with Crippen LogP contribution in [-0.2, 0) is 9.59 Å². The normalized spacial score (nSPS) is 14.4. The van der Waals surface area contributed by atoms with Crippen molar-refractivity contribution in [3.63, 3.8) is 0 Å². The SMILES string of the molecule is CCOc1ccc(O[C@@H](C)C(=O)NNC(=O)/C=C/c2cc(C)n(C3CC3)c2C)cc1. The molecule has 1 saturated carbocycles. The highest BCUT2D eigenvalue weighted by molar-refractivity contribution is 5.93. The summed E-state index contributed by atoms with van der Waals surface area (Å²) in [6, 6.07) is 9.68. The summed E-state index contributed by atoms with van der Waals surface area (Å²) in [6.07, 6.45) is 4.83. The number of carbonyl (C=O) groups excluding carboxylic acids is 2. The minimum Gasteiger partial charge on any atom is -0.494 e. The maximum atomic E-state index is 12.2. The number of carbonyl (C=O) groups is 2. The smallest absolute Gasteiger partial charge is 0.279 e. The maximum absolute atomic E-state index is 12.2. The number of ether oxygens (including phenoxy) is 2. The number of hydrogen-bond donors (Lipinski definition) is 2. The number of nitrogens with zero attached hydrogens (tertiary/aromatic N) is 1. The molecule has 0 spiro atoms. The Morgan fingerprint density at radius 3 is 2.47 bits per heavy atom. The van der Waals surface area contributed by atoms with Crippen molar-refractivity contribution < 1.29 is 19.1 Å². The van der Waals surface area contributed by atoms with Crippen molar-refractivity contribution >= 4 is 17.9 Å². The van der Waals surface area contributed by atoms with Crippen LogP contribution < -0.4 is 20.3 Å². The number of benzene rings is 1. The standard InChI is InChI=1S/C23H29N3O4/c1-5-29-20-9-11-21(12-10-20)30-17(4)23(28)25-24-22(27)13-6-18-14-15(2)26(16(18)3)19-7-8-19/h6,9-14,17,19H,5,7-8H2,1-4H3,(H,24,27)(H,25,28)/b13-6+/t17-/m0/s1. The number of rotatable bonds is 8. The van der Waals surface area contributed by atoms with Crippen LogP contribution in [0.25, 0.3) is 6.08 Å². The van der Waals surface area contributed by atoms with E-state index >= 15 is 0 Å². The van der Waals surface area contributed by atoms with E-state index in [4.69, 9.17) is 9.47 Å². The van der Waals surface area contributed by atoms with Gasteiger partial charge in [-0.3, -0.25) is 20.4 Å². The minimum absolute atomic E-state index is 0.409. The largest absolute Gasteiger partial charge is 0.494 e. The van der Waals surface area contributed by atoms with Gasteiger partial charge < -0.3 is 14.0 Å². The molecule has 0 radical (unpaired) electrons. The van der Waals surface area contributed by atoms with Gasteiger partial charge >= 0.3 is 0 Å². The van der Waals surface area contributed by atoms with Crippen LogP contribution in [0.3, 0.4) is 0 Å². The second kappa shape index (κ2) is 9.52. The van der Waals surface area contributed by atoms with Crippen LogP contribution in [0.2, 0.25) is 0 Å². The number of hydrogen-bond acceptors (Lipinski definition) is 4. The molecule has 1 aromatic heterocycles. The van der Waals surface area contributed by atoms with Crippen LogP contribution >= 0.6 is 0 Å². The summed E-state index contributed by atoms with van der Waals surface area (Å²) in [4.78, 5) is 24.3. The van der Waals surface area contributed by atoms with Crippen LogP contribution in [0.1, 0.15) is 49.7 Å². The quantitative estimate of drug-likeness (QED) is 0.515. The van der Waals surface area contributed by atoms with Gasteiger partial charge in [0, 0.05) is 23.5 Å². The fourth-order valence-corrected chi connectivity index (χ4v) is 3.34. The maximum Gasteiger partial charge on any atom is 0.279 e. The Balaban J connectivity index is 1.47. The lowest BCUT2D eigenvalue weighted by Crippen LogP contribution is -2.46. The van der Waals surface area contributed by atoms with Crippen molar-refractivity contribution in [2.24, 2.45) is 0 Å². The van der Waals surface area contributed by atoms with E-state index < -0.39 is 17.9 Å². The number of hydrazine groups is 1. The molecule has 0 unspecified atom stereocenters. The van der Waals surface area contributed by atoms with Gasteiger partial charge in [-0.25, -0.2) is 0 Å². The first-order valence-electron chi connectivity index (χ1n) is 10.2. The Labute approximate surface area is 177 Å². The lowest BCUT2D eigenvalue weighted by Gasteiger charge is -2.15. The zero-order valence-electron chi connectivity index (χ0n) is 17.9. The summed E-state index contributed by atoms with van der Waals surface area (Å²) >= 11 is 0. The average Bonchev–Trinajstić information content (AvgIpc) is 3.51. The van der Waals surface area contributed by atoms with E-state index in [2.05, 4.69) is 35.3 Å². The Kier molecular flexibility index (Phi) is 6.82. The second-order valence-electron chi connectivity index (χ2n) is 7.40. The predicted octanol–water partition coefficient (Wildman–Crippen LogP) is 3.47. The Morgan fingerprint density at radius 1 is 1.17 bits per heavy atom. The van der Waals surface area contributed by atoms with Crippen LogP contribution in [-0.4, -0.2) is 29.1 Å². The van der Waals surface area contributed by atoms with Gasteiger partial charge in [0.05, 0.1) is 6.61 Å². The Bertz CT molecular complexity index is 927. The third kappa shape index (κ3) is 5.43. The number of aromatic nitrogens is 1. The van der Waals surface area contributed by atoms with E-state index in [-0.39, 0.29) is 0 Å². The summed E-state index contributed by atoms with van der Waals surface area (Å²) < 4.78 is 13.3. The van der Waals surface area contributed by atoms with E-state index in [0.717, 1.165) is 17.0 Å². The van der Waals surface area contributed by atoms with Gasteiger partial charge in [0.2, 0.25) is 0 Å². The second-order valence-corrected chi connectivity index (χ2v) is 7.40. The lowest BCUT2D eigenvalue weighted by atomic mass is 10.2. The van der Waals surface area contributed by atoms with Crippen LogP contribution in [0, 0.1) is 13.8 Å². The van der Waals surface area contributed by atoms with E-state index in [1.54, 1.807) is 37.3 Å².